The zero-order valence-corrected chi connectivity index (χ0v) is 10.9. The Bertz CT molecular complexity index is 766. The van der Waals surface area contributed by atoms with Crippen LogP contribution in [0, 0.1) is 6.92 Å². The van der Waals surface area contributed by atoms with Gasteiger partial charge in [0, 0.05) is 12.6 Å². The average molecular weight is 250 g/mol. The number of ketones is 1. The first-order valence-corrected chi connectivity index (χ1v) is 6.20. The van der Waals surface area contributed by atoms with Crippen molar-refractivity contribution in [2.75, 3.05) is 0 Å². The number of nitrogens with zero attached hydrogens (tertiary/aromatic N) is 2. The first-order valence-electron chi connectivity index (χ1n) is 6.20. The highest BCUT2D eigenvalue weighted by Gasteiger charge is 2.16. The van der Waals surface area contributed by atoms with Gasteiger partial charge in [-0.2, -0.15) is 5.10 Å². The standard InChI is InChI=1S/C16H14N2O/c1-11-10-15(18(2)17-11)16(19)14-9-5-7-12-6-3-4-8-13(12)14/h3-10H,1-2H3. The van der Waals surface area contributed by atoms with Gasteiger partial charge in [-0.1, -0.05) is 42.5 Å². The van der Waals surface area contributed by atoms with Crippen LogP contribution in [0.3, 0.4) is 0 Å². The summed E-state index contributed by atoms with van der Waals surface area (Å²) in [6, 6.07) is 15.5. The van der Waals surface area contributed by atoms with Crippen molar-refractivity contribution in [1.29, 1.82) is 0 Å². The molecule has 0 aliphatic heterocycles. The molecule has 19 heavy (non-hydrogen) atoms. The lowest BCUT2D eigenvalue weighted by Crippen LogP contribution is -2.08. The van der Waals surface area contributed by atoms with Crippen molar-refractivity contribution in [3.05, 3.63) is 65.5 Å². The van der Waals surface area contributed by atoms with Crippen molar-refractivity contribution in [2.24, 2.45) is 7.05 Å². The van der Waals surface area contributed by atoms with Gasteiger partial charge in [0.2, 0.25) is 5.78 Å². The molecule has 3 nitrogen and oxygen atoms in total. The fourth-order valence-corrected chi connectivity index (χ4v) is 2.38. The maximum Gasteiger partial charge on any atom is 0.211 e. The molecule has 0 fully saturated rings. The second-order valence-corrected chi connectivity index (χ2v) is 4.65. The summed E-state index contributed by atoms with van der Waals surface area (Å²) in [6.45, 7) is 1.89. The Kier molecular flexibility index (Phi) is 2.67. The molecule has 3 aromatic rings. The number of aromatic nitrogens is 2. The Labute approximate surface area is 111 Å². The minimum absolute atomic E-state index is 0.0138. The molecule has 0 saturated heterocycles. The molecule has 0 radical (unpaired) electrons. The summed E-state index contributed by atoms with van der Waals surface area (Å²) in [5, 5.41) is 6.29. The molecule has 1 aromatic heterocycles. The van der Waals surface area contributed by atoms with E-state index >= 15 is 0 Å². The fourth-order valence-electron chi connectivity index (χ4n) is 2.38. The van der Waals surface area contributed by atoms with Crippen molar-refractivity contribution in [2.45, 2.75) is 6.92 Å². The molecule has 0 spiro atoms. The van der Waals surface area contributed by atoms with Crippen LogP contribution >= 0.6 is 0 Å². The normalized spacial score (nSPS) is 10.8. The molecule has 0 unspecified atom stereocenters. The van der Waals surface area contributed by atoms with E-state index in [0.717, 1.165) is 22.0 Å². The fraction of sp³-hybridized carbons (Fsp3) is 0.125. The van der Waals surface area contributed by atoms with Crippen molar-refractivity contribution in [3.63, 3.8) is 0 Å². The second-order valence-electron chi connectivity index (χ2n) is 4.65. The van der Waals surface area contributed by atoms with Crippen LogP contribution in [-0.4, -0.2) is 15.6 Å². The van der Waals surface area contributed by atoms with E-state index in [9.17, 15) is 4.79 Å². The van der Waals surface area contributed by atoms with E-state index in [1.807, 2.05) is 55.5 Å². The molecule has 0 bridgehead atoms. The zero-order chi connectivity index (χ0) is 13.4. The van der Waals surface area contributed by atoms with Gasteiger partial charge >= 0.3 is 0 Å². The number of benzene rings is 2. The monoisotopic (exact) mass is 250 g/mol. The van der Waals surface area contributed by atoms with Gasteiger partial charge in [-0.25, -0.2) is 0 Å². The van der Waals surface area contributed by atoms with Gasteiger partial charge in [-0.3, -0.25) is 9.48 Å². The van der Waals surface area contributed by atoms with Gasteiger partial charge in [-0.05, 0) is 23.8 Å². The zero-order valence-electron chi connectivity index (χ0n) is 10.9. The largest absolute Gasteiger partial charge is 0.287 e. The first-order chi connectivity index (χ1) is 9.16. The van der Waals surface area contributed by atoms with Crippen molar-refractivity contribution >= 4 is 16.6 Å². The van der Waals surface area contributed by atoms with Gasteiger partial charge in [-0.15, -0.1) is 0 Å². The highest BCUT2D eigenvalue weighted by atomic mass is 16.1. The molecule has 0 saturated carbocycles. The van der Waals surface area contributed by atoms with Crippen LogP contribution < -0.4 is 0 Å². The van der Waals surface area contributed by atoms with Gasteiger partial charge < -0.3 is 0 Å². The van der Waals surface area contributed by atoms with Gasteiger partial charge in [0.1, 0.15) is 5.69 Å². The van der Waals surface area contributed by atoms with Crippen molar-refractivity contribution in [3.8, 4) is 0 Å². The third-order valence-electron chi connectivity index (χ3n) is 3.27. The Hall–Kier alpha value is -2.42. The topological polar surface area (TPSA) is 34.9 Å². The van der Waals surface area contributed by atoms with Crippen LogP contribution in [0.5, 0.6) is 0 Å². The minimum atomic E-state index is 0.0138. The lowest BCUT2D eigenvalue weighted by molar-refractivity contribution is 0.103. The summed E-state index contributed by atoms with van der Waals surface area (Å²) in [5.74, 6) is 0.0138. The number of fused-ring (bicyclic) bond motifs is 1. The van der Waals surface area contributed by atoms with Gasteiger partial charge in [0.05, 0.1) is 5.69 Å². The number of carbonyl (C=O) groups is 1. The summed E-state index contributed by atoms with van der Waals surface area (Å²) in [7, 11) is 1.80. The number of hydrogen-bond acceptors (Lipinski definition) is 2. The minimum Gasteiger partial charge on any atom is -0.287 e. The predicted octanol–water partition coefficient (Wildman–Crippen LogP) is 3.11. The number of carbonyl (C=O) groups excluding carboxylic acids is 1. The molecular formula is C16H14N2O. The van der Waals surface area contributed by atoms with Crippen LogP contribution in [0.15, 0.2) is 48.5 Å². The Morgan fingerprint density at radius 2 is 1.84 bits per heavy atom. The average Bonchev–Trinajstić information content (AvgIpc) is 2.76. The molecule has 0 atom stereocenters. The number of aryl methyl sites for hydroxylation is 2. The van der Waals surface area contributed by atoms with Crippen molar-refractivity contribution in [1.82, 2.24) is 9.78 Å². The molecule has 3 rings (SSSR count). The molecule has 94 valence electrons. The number of hydrogen-bond donors (Lipinski definition) is 0. The summed E-state index contributed by atoms with van der Waals surface area (Å²) in [5.41, 5.74) is 2.20. The summed E-state index contributed by atoms with van der Waals surface area (Å²) >= 11 is 0. The van der Waals surface area contributed by atoms with Crippen LogP contribution in [0.2, 0.25) is 0 Å². The number of rotatable bonds is 2. The lowest BCUT2D eigenvalue weighted by atomic mass is 10.00. The quantitative estimate of drug-likeness (QED) is 0.655. The highest BCUT2D eigenvalue weighted by Crippen LogP contribution is 2.21. The molecule has 0 amide bonds. The SMILES string of the molecule is Cc1cc(C(=O)c2cccc3ccccc23)n(C)n1. The molecular weight excluding hydrogens is 236 g/mol. The molecule has 0 N–H and O–H groups in total. The second kappa shape index (κ2) is 4.35. The summed E-state index contributed by atoms with van der Waals surface area (Å²) in [4.78, 5) is 12.6. The van der Waals surface area contributed by atoms with E-state index in [-0.39, 0.29) is 5.78 Å². The Morgan fingerprint density at radius 1 is 1.11 bits per heavy atom. The van der Waals surface area contributed by atoms with E-state index in [1.54, 1.807) is 11.7 Å². The van der Waals surface area contributed by atoms with E-state index in [2.05, 4.69) is 5.10 Å². The van der Waals surface area contributed by atoms with Crippen LogP contribution in [0.1, 0.15) is 21.7 Å². The summed E-state index contributed by atoms with van der Waals surface area (Å²) < 4.78 is 1.64. The lowest BCUT2D eigenvalue weighted by Gasteiger charge is -2.05. The third-order valence-corrected chi connectivity index (χ3v) is 3.27. The van der Waals surface area contributed by atoms with E-state index in [1.165, 1.54) is 0 Å². The Morgan fingerprint density at radius 3 is 2.58 bits per heavy atom. The van der Waals surface area contributed by atoms with Crippen LogP contribution in [0.25, 0.3) is 10.8 Å². The first kappa shape index (κ1) is 11.7. The maximum atomic E-state index is 12.6. The Balaban J connectivity index is 2.19. The van der Waals surface area contributed by atoms with Gasteiger partial charge in [0.25, 0.3) is 0 Å². The van der Waals surface area contributed by atoms with Crippen LogP contribution in [0.4, 0.5) is 0 Å². The maximum absolute atomic E-state index is 12.6. The molecule has 0 aliphatic rings. The molecule has 1 heterocycles. The highest BCUT2D eigenvalue weighted by molar-refractivity contribution is 6.15. The molecule has 2 aromatic carbocycles. The van der Waals surface area contributed by atoms with E-state index in [0.29, 0.717) is 5.69 Å². The predicted molar refractivity (Wildman–Crippen MR) is 75.3 cm³/mol. The van der Waals surface area contributed by atoms with E-state index in [4.69, 9.17) is 0 Å². The summed E-state index contributed by atoms with van der Waals surface area (Å²) in [6.07, 6.45) is 0. The van der Waals surface area contributed by atoms with Crippen molar-refractivity contribution < 1.29 is 4.79 Å². The molecule has 3 heteroatoms. The van der Waals surface area contributed by atoms with Crippen LogP contribution in [-0.2, 0) is 7.05 Å². The van der Waals surface area contributed by atoms with E-state index < -0.39 is 0 Å². The third kappa shape index (κ3) is 1.93. The smallest absolute Gasteiger partial charge is 0.211 e. The molecule has 0 aliphatic carbocycles. The van der Waals surface area contributed by atoms with Gasteiger partial charge in [0.15, 0.2) is 0 Å².